The normalized spacial score (nSPS) is 12.1. The van der Waals surface area contributed by atoms with Gasteiger partial charge in [0, 0.05) is 0 Å². The van der Waals surface area contributed by atoms with E-state index in [2.05, 4.69) is 29.0 Å². The van der Waals surface area contributed by atoms with Crippen molar-refractivity contribution in [2.45, 2.75) is 44.6 Å². The molecule has 1 unspecified atom stereocenters. The highest BCUT2D eigenvalue weighted by atomic mass is 16.5. The van der Waals surface area contributed by atoms with Crippen molar-refractivity contribution in [1.29, 1.82) is 5.41 Å². The van der Waals surface area contributed by atoms with Crippen molar-refractivity contribution in [2.24, 2.45) is 0 Å². The predicted octanol–water partition coefficient (Wildman–Crippen LogP) is 3.16. The smallest absolute Gasteiger partial charge is 0.209 e. The minimum Gasteiger partial charge on any atom is -0.483 e. The first kappa shape index (κ1) is 14.7. The van der Waals surface area contributed by atoms with Crippen molar-refractivity contribution in [2.75, 3.05) is 7.11 Å². The molecule has 0 aliphatic carbocycles. The van der Waals surface area contributed by atoms with Crippen molar-refractivity contribution in [3.63, 3.8) is 0 Å². The molecule has 0 heterocycles. The predicted molar refractivity (Wildman–Crippen MR) is 74.0 cm³/mol. The van der Waals surface area contributed by atoms with E-state index in [0.717, 1.165) is 19.3 Å². The Balaban J connectivity index is 2.01. The summed E-state index contributed by atoms with van der Waals surface area (Å²) in [5.41, 5.74) is 1.39. The number of aliphatic hydroxyl groups is 1. The maximum Gasteiger partial charge on any atom is 0.209 e. The van der Waals surface area contributed by atoms with Crippen molar-refractivity contribution >= 4 is 5.90 Å². The minimum atomic E-state index is -0.732. The Bertz CT molecular complexity index is 338. The highest BCUT2D eigenvalue weighted by Crippen LogP contribution is 2.10. The second-order valence-electron chi connectivity index (χ2n) is 4.52. The molecule has 0 aromatic heterocycles. The average molecular weight is 249 g/mol. The van der Waals surface area contributed by atoms with Gasteiger partial charge in [-0.2, -0.15) is 0 Å². The molecule has 100 valence electrons. The molecule has 0 saturated heterocycles. The van der Waals surface area contributed by atoms with Gasteiger partial charge in [-0.05, 0) is 24.8 Å². The fraction of sp³-hybridized carbons (Fsp3) is 0.533. The van der Waals surface area contributed by atoms with Gasteiger partial charge in [0.1, 0.15) is 6.10 Å². The third-order valence-corrected chi connectivity index (χ3v) is 3.06. The summed E-state index contributed by atoms with van der Waals surface area (Å²) < 4.78 is 4.68. The van der Waals surface area contributed by atoms with Crippen molar-refractivity contribution in [3.8, 4) is 0 Å². The summed E-state index contributed by atoms with van der Waals surface area (Å²) >= 11 is 0. The molecule has 1 atom stereocenters. The fourth-order valence-electron chi connectivity index (χ4n) is 1.93. The molecule has 0 spiro atoms. The zero-order valence-corrected chi connectivity index (χ0v) is 11.1. The van der Waals surface area contributed by atoms with Crippen molar-refractivity contribution in [1.82, 2.24) is 0 Å². The van der Waals surface area contributed by atoms with Crippen LogP contribution in [0.25, 0.3) is 0 Å². The molecule has 0 aliphatic heterocycles. The van der Waals surface area contributed by atoms with Gasteiger partial charge in [-0.15, -0.1) is 0 Å². The number of benzene rings is 1. The van der Waals surface area contributed by atoms with Crippen LogP contribution in [0.2, 0.25) is 0 Å². The Kier molecular flexibility index (Phi) is 7.11. The molecule has 3 heteroatoms. The lowest BCUT2D eigenvalue weighted by Gasteiger charge is -2.10. The lowest BCUT2D eigenvalue weighted by Crippen LogP contribution is -2.20. The molecule has 18 heavy (non-hydrogen) atoms. The quantitative estimate of drug-likeness (QED) is 0.422. The Morgan fingerprint density at radius 2 is 1.83 bits per heavy atom. The van der Waals surface area contributed by atoms with Gasteiger partial charge < -0.3 is 9.84 Å². The number of nitrogens with one attached hydrogen (secondary N) is 1. The highest BCUT2D eigenvalue weighted by Gasteiger charge is 2.09. The van der Waals surface area contributed by atoms with Crippen molar-refractivity contribution in [3.05, 3.63) is 35.9 Å². The van der Waals surface area contributed by atoms with Gasteiger partial charge in [-0.3, -0.25) is 5.41 Å². The number of ether oxygens (including phenoxy) is 1. The van der Waals surface area contributed by atoms with E-state index < -0.39 is 6.10 Å². The number of hydrogen-bond donors (Lipinski definition) is 2. The number of methoxy groups -OCH3 is 1. The Hall–Kier alpha value is -1.35. The highest BCUT2D eigenvalue weighted by molar-refractivity contribution is 5.77. The zero-order chi connectivity index (χ0) is 13.2. The Morgan fingerprint density at radius 3 is 2.50 bits per heavy atom. The van der Waals surface area contributed by atoms with E-state index in [-0.39, 0.29) is 5.90 Å². The molecule has 3 nitrogen and oxygen atoms in total. The summed E-state index contributed by atoms with van der Waals surface area (Å²) in [6.07, 6.45) is 5.41. The largest absolute Gasteiger partial charge is 0.483 e. The van der Waals surface area contributed by atoms with E-state index in [1.54, 1.807) is 0 Å². The molecule has 0 bridgehead atoms. The van der Waals surface area contributed by atoms with Crippen LogP contribution in [0.15, 0.2) is 30.3 Å². The van der Waals surface area contributed by atoms with E-state index in [4.69, 9.17) is 5.41 Å². The average Bonchev–Trinajstić information content (AvgIpc) is 2.42. The van der Waals surface area contributed by atoms with Crippen LogP contribution in [0.1, 0.15) is 37.7 Å². The summed E-state index contributed by atoms with van der Waals surface area (Å²) in [7, 11) is 1.42. The van der Waals surface area contributed by atoms with Crippen LogP contribution in [-0.4, -0.2) is 24.2 Å². The standard InChI is InChI=1S/C15H23NO2/c1-18-15(16)14(17)12-8-3-2-5-9-13-10-6-4-7-11-13/h4,6-7,10-11,14,16-17H,2-3,5,8-9,12H2,1H3. The van der Waals surface area contributed by atoms with Gasteiger partial charge in [0.25, 0.3) is 0 Å². The van der Waals surface area contributed by atoms with Crippen LogP contribution in [0.3, 0.4) is 0 Å². The lowest BCUT2D eigenvalue weighted by molar-refractivity contribution is 0.189. The first-order valence-electron chi connectivity index (χ1n) is 6.58. The molecule has 1 aromatic rings. The molecule has 0 aliphatic rings. The van der Waals surface area contributed by atoms with Gasteiger partial charge in [0.05, 0.1) is 7.11 Å². The van der Waals surface area contributed by atoms with Crippen LogP contribution in [0.4, 0.5) is 0 Å². The number of unbranched alkanes of at least 4 members (excludes halogenated alkanes) is 3. The summed E-state index contributed by atoms with van der Waals surface area (Å²) in [5.74, 6) is -0.0284. The van der Waals surface area contributed by atoms with E-state index >= 15 is 0 Å². The topological polar surface area (TPSA) is 53.3 Å². The first-order valence-corrected chi connectivity index (χ1v) is 6.58. The number of aliphatic hydroxyl groups excluding tert-OH is 1. The molecule has 2 N–H and O–H groups in total. The summed E-state index contributed by atoms with van der Waals surface area (Å²) in [6.45, 7) is 0. The van der Waals surface area contributed by atoms with E-state index in [1.165, 1.54) is 25.5 Å². The number of rotatable bonds is 8. The van der Waals surface area contributed by atoms with Gasteiger partial charge in [0.2, 0.25) is 5.90 Å². The molecular formula is C15H23NO2. The van der Waals surface area contributed by atoms with Crippen molar-refractivity contribution < 1.29 is 9.84 Å². The van der Waals surface area contributed by atoms with E-state index in [9.17, 15) is 5.11 Å². The van der Waals surface area contributed by atoms with Gasteiger partial charge in [-0.1, -0.05) is 49.6 Å². The third-order valence-electron chi connectivity index (χ3n) is 3.06. The SMILES string of the molecule is COC(=N)C(O)CCCCCCc1ccccc1. The zero-order valence-electron chi connectivity index (χ0n) is 11.1. The van der Waals surface area contributed by atoms with Crippen LogP contribution >= 0.6 is 0 Å². The number of aryl methyl sites for hydroxylation is 1. The second-order valence-corrected chi connectivity index (χ2v) is 4.52. The van der Waals surface area contributed by atoms with Gasteiger partial charge >= 0.3 is 0 Å². The minimum absolute atomic E-state index is 0.0284. The van der Waals surface area contributed by atoms with Crippen LogP contribution < -0.4 is 0 Å². The fourth-order valence-corrected chi connectivity index (χ4v) is 1.93. The Labute approximate surface area is 109 Å². The third kappa shape index (κ3) is 5.82. The second kappa shape index (κ2) is 8.70. The molecule has 0 fully saturated rings. The maximum absolute atomic E-state index is 9.50. The number of hydrogen-bond acceptors (Lipinski definition) is 3. The van der Waals surface area contributed by atoms with E-state index in [1.807, 2.05) is 6.07 Å². The van der Waals surface area contributed by atoms with Crippen LogP contribution in [-0.2, 0) is 11.2 Å². The maximum atomic E-state index is 9.50. The molecule has 0 radical (unpaired) electrons. The summed E-state index contributed by atoms with van der Waals surface area (Å²) in [4.78, 5) is 0. The lowest BCUT2D eigenvalue weighted by atomic mass is 10.0. The van der Waals surface area contributed by atoms with Gasteiger partial charge in [0.15, 0.2) is 0 Å². The van der Waals surface area contributed by atoms with Gasteiger partial charge in [-0.25, -0.2) is 0 Å². The molecule has 0 saturated carbocycles. The van der Waals surface area contributed by atoms with E-state index in [0.29, 0.717) is 6.42 Å². The first-order chi connectivity index (χ1) is 8.74. The Morgan fingerprint density at radius 1 is 1.17 bits per heavy atom. The van der Waals surface area contributed by atoms with Crippen LogP contribution in [0.5, 0.6) is 0 Å². The monoisotopic (exact) mass is 249 g/mol. The molecular weight excluding hydrogens is 226 g/mol. The van der Waals surface area contributed by atoms with Crippen LogP contribution in [0, 0.1) is 5.41 Å². The molecule has 0 amide bonds. The molecule has 1 aromatic carbocycles. The summed E-state index contributed by atoms with van der Waals surface area (Å²) in [6, 6.07) is 10.5. The summed E-state index contributed by atoms with van der Waals surface area (Å²) in [5, 5.41) is 16.8. The molecule has 1 rings (SSSR count).